The molecule has 1 aromatic heterocycles. The van der Waals surface area contributed by atoms with E-state index in [2.05, 4.69) is 70.5 Å². The summed E-state index contributed by atoms with van der Waals surface area (Å²) in [5.41, 5.74) is 6.00. The molecule has 0 atom stereocenters. The van der Waals surface area contributed by atoms with Gasteiger partial charge in [-0.2, -0.15) is 0 Å². The van der Waals surface area contributed by atoms with E-state index < -0.39 is 11.9 Å². The Labute approximate surface area is 308 Å². The highest BCUT2D eigenvalue weighted by Crippen LogP contribution is 2.42. The van der Waals surface area contributed by atoms with Gasteiger partial charge in [-0.1, -0.05) is 96.0 Å². The van der Waals surface area contributed by atoms with Gasteiger partial charge in [0, 0.05) is 57.6 Å². The minimum atomic E-state index is -1.26. The molecule has 3 aromatic carbocycles. The highest BCUT2D eigenvalue weighted by Gasteiger charge is 2.37. The van der Waals surface area contributed by atoms with Crippen LogP contribution in [0.3, 0.4) is 0 Å². The number of ketones is 2. The lowest BCUT2D eigenvalue weighted by atomic mass is 9.68. The molecular formula is C41H42Cl2N2O6. The van der Waals surface area contributed by atoms with Crippen molar-refractivity contribution in [1.29, 1.82) is 0 Å². The second-order valence-electron chi connectivity index (χ2n) is 12.6. The molecule has 2 N–H and O–H groups in total. The maximum Gasteiger partial charge on any atom is 0.328 e. The third-order valence-electron chi connectivity index (χ3n) is 9.27. The number of benzene rings is 3. The van der Waals surface area contributed by atoms with Gasteiger partial charge in [-0.3, -0.25) is 14.6 Å². The number of aryl methyl sites for hydroxylation is 2. The number of aliphatic carboxylic acids is 2. The van der Waals surface area contributed by atoms with Crippen LogP contribution in [0.1, 0.15) is 82.3 Å². The Bertz CT molecular complexity index is 1850. The lowest BCUT2D eigenvalue weighted by Gasteiger charge is -2.43. The molecular weight excluding hydrogens is 687 g/mol. The number of carboxylic acid groups (broad SMARTS) is 2. The van der Waals surface area contributed by atoms with Gasteiger partial charge in [-0.05, 0) is 83.3 Å². The highest BCUT2D eigenvalue weighted by molar-refractivity contribution is 6.44. The number of likely N-dealkylation sites (tertiary alicyclic amines) is 1. The van der Waals surface area contributed by atoms with Crippen molar-refractivity contribution in [1.82, 2.24) is 9.88 Å². The summed E-state index contributed by atoms with van der Waals surface area (Å²) in [7, 11) is 0. The van der Waals surface area contributed by atoms with Crippen LogP contribution in [-0.2, 0) is 15.0 Å². The number of rotatable bonds is 12. The molecule has 0 saturated carbocycles. The summed E-state index contributed by atoms with van der Waals surface area (Å²) >= 11 is 13.0. The fourth-order valence-electron chi connectivity index (χ4n) is 6.89. The zero-order chi connectivity index (χ0) is 37.1. The minimum absolute atomic E-state index is 0.0237. The Kier molecular flexibility index (Phi) is 13.9. The number of Topliss-reactive ketones (excluding diaryl/α,β-unsaturated/α-hetero) is 2. The van der Waals surface area contributed by atoms with Crippen LogP contribution in [0.4, 0.5) is 0 Å². The molecule has 51 heavy (non-hydrogen) atoms. The van der Waals surface area contributed by atoms with Crippen molar-refractivity contribution < 1.29 is 29.4 Å². The summed E-state index contributed by atoms with van der Waals surface area (Å²) in [6.45, 7) is 8.09. The van der Waals surface area contributed by atoms with E-state index in [-0.39, 0.29) is 17.0 Å². The number of aromatic nitrogens is 1. The number of carbonyl (C=O) groups excluding carboxylic acids is 2. The van der Waals surface area contributed by atoms with Crippen LogP contribution >= 0.6 is 23.2 Å². The number of hydrogen-bond acceptors (Lipinski definition) is 6. The average molecular weight is 730 g/mol. The second-order valence-corrected chi connectivity index (χ2v) is 13.4. The molecule has 1 aliphatic heterocycles. The Hall–Kier alpha value is -4.63. The molecule has 2 heterocycles. The molecule has 1 saturated heterocycles. The zero-order valence-corrected chi connectivity index (χ0v) is 30.5. The van der Waals surface area contributed by atoms with E-state index in [1.54, 1.807) is 19.1 Å². The van der Waals surface area contributed by atoms with Gasteiger partial charge >= 0.3 is 11.9 Å². The van der Waals surface area contributed by atoms with Gasteiger partial charge in [0.2, 0.25) is 0 Å². The number of carboxylic acids is 2. The van der Waals surface area contributed by atoms with Crippen LogP contribution in [-0.4, -0.2) is 63.2 Å². The normalized spacial score (nSPS) is 14.1. The van der Waals surface area contributed by atoms with Gasteiger partial charge in [0.25, 0.3) is 0 Å². The Morgan fingerprint density at radius 3 is 1.80 bits per heavy atom. The van der Waals surface area contributed by atoms with Crippen molar-refractivity contribution in [2.75, 3.05) is 19.6 Å². The number of halogens is 2. The maximum absolute atomic E-state index is 13.8. The summed E-state index contributed by atoms with van der Waals surface area (Å²) < 4.78 is 0. The van der Waals surface area contributed by atoms with E-state index in [9.17, 15) is 19.2 Å². The molecule has 0 spiro atoms. The first-order valence-corrected chi connectivity index (χ1v) is 17.6. The second kappa shape index (κ2) is 18.0. The Balaban J connectivity index is 0.000000652. The number of nitrogens with zero attached hydrogens (tertiary/aromatic N) is 2. The summed E-state index contributed by atoms with van der Waals surface area (Å²) in [4.78, 5) is 52.7. The van der Waals surface area contributed by atoms with Crippen LogP contribution < -0.4 is 0 Å². The van der Waals surface area contributed by atoms with Crippen molar-refractivity contribution >= 4 is 46.7 Å². The first kappa shape index (κ1) is 39.2. The average Bonchev–Trinajstić information content (AvgIpc) is 3.11. The molecule has 4 aromatic rings. The molecule has 1 aliphatic rings. The quantitative estimate of drug-likeness (QED) is 0.0841. The summed E-state index contributed by atoms with van der Waals surface area (Å²) in [5, 5.41) is 16.3. The largest absolute Gasteiger partial charge is 0.478 e. The number of unbranched alkanes of at least 4 members (excludes halogenated alkanes) is 1. The van der Waals surface area contributed by atoms with Gasteiger partial charge in [0.05, 0.1) is 10.0 Å². The van der Waals surface area contributed by atoms with E-state index in [4.69, 9.17) is 33.4 Å². The molecule has 10 heteroatoms. The predicted molar refractivity (Wildman–Crippen MR) is 201 cm³/mol. The van der Waals surface area contributed by atoms with Gasteiger partial charge in [0.1, 0.15) is 0 Å². The lowest BCUT2D eigenvalue weighted by molar-refractivity contribution is -0.134. The van der Waals surface area contributed by atoms with E-state index in [0.29, 0.717) is 62.3 Å². The van der Waals surface area contributed by atoms with E-state index >= 15 is 0 Å². The van der Waals surface area contributed by atoms with Gasteiger partial charge in [-0.25, -0.2) is 9.59 Å². The van der Waals surface area contributed by atoms with Crippen LogP contribution in [0.2, 0.25) is 10.0 Å². The van der Waals surface area contributed by atoms with E-state index in [0.717, 1.165) is 45.3 Å². The van der Waals surface area contributed by atoms with Crippen LogP contribution in [0.15, 0.2) is 91.0 Å². The van der Waals surface area contributed by atoms with Crippen molar-refractivity contribution in [2.24, 2.45) is 0 Å². The Morgan fingerprint density at radius 2 is 1.29 bits per heavy atom. The van der Waals surface area contributed by atoms with Gasteiger partial charge in [-0.15, -0.1) is 0 Å². The minimum Gasteiger partial charge on any atom is -0.478 e. The molecule has 5 rings (SSSR count). The smallest absolute Gasteiger partial charge is 0.328 e. The zero-order valence-electron chi connectivity index (χ0n) is 29.0. The number of piperidine rings is 1. The number of hydrogen-bond donors (Lipinski definition) is 2. The third kappa shape index (κ3) is 9.79. The summed E-state index contributed by atoms with van der Waals surface area (Å²) in [5.74, 6) is -2.69. The maximum atomic E-state index is 13.8. The van der Waals surface area contributed by atoms with Gasteiger partial charge < -0.3 is 15.1 Å². The van der Waals surface area contributed by atoms with Crippen molar-refractivity contribution in [2.45, 2.75) is 58.3 Å². The van der Waals surface area contributed by atoms with E-state index in [1.807, 2.05) is 13.0 Å². The molecule has 266 valence electrons. The highest BCUT2D eigenvalue weighted by atomic mass is 35.5. The molecule has 0 radical (unpaired) electrons. The molecule has 0 bridgehead atoms. The predicted octanol–water partition coefficient (Wildman–Crippen LogP) is 9.02. The van der Waals surface area contributed by atoms with Crippen molar-refractivity contribution in [3.05, 3.63) is 135 Å². The SMILES string of the molecule is CC(=O)c1c(C)nc(C)c(C(=O)CCCCN2CCC(c3ccccc3)(c3ccccc3)CC2)c1-c1cccc(Cl)c1Cl.O=C(O)C=CC(=O)O. The molecule has 1 fully saturated rings. The third-order valence-corrected chi connectivity index (χ3v) is 10.1. The van der Waals surface area contributed by atoms with E-state index in [1.165, 1.54) is 18.1 Å². The number of carbonyl (C=O) groups is 4. The van der Waals surface area contributed by atoms with Crippen LogP contribution in [0.5, 0.6) is 0 Å². The first-order valence-electron chi connectivity index (χ1n) is 16.8. The topological polar surface area (TPSA) is 125 Å². The number of pyridine rings is 1. The molecule has 0 unspecified atom stereocenters. The molecule has 0 amide bonds. The monoisotopic (exact) mass is 728 g/mol. The van der Waals surface area contributed by atoms with Crippen LogP contribution in [0.25, 0.3) is 11.1 Å². The fraction of sp³-hybridized carbons (Fsp3) is 0.293. The van der Waals surface area contributed by atoms with Crippen molar-refractivity contribution in [3.8, 4) is 11.1 Å². The molecule has 0 aliphatic carbocycles. The summed E-state index contributed by atoms with van der Waals surface area (Å²) in [6, 6.07) is 27.1. The standard InChI is InChI=1S/C37H38Cl2N2O2.C4H4O4/c1-25-33(27(3)42)35(30-17-12-18-31(38)36(30)39)34(26(2)40-25)32(43)19-10-11-22-41-23-20-37(21-24-41,28-13-6-4-7-14-28)29-15-8-5-9-16-29;5-3(6)1-2-4(7)8/h4-9,12-18H,10-11,19-24H2,1-3H3;1-2H,(H,5,6)(H,7,8). The van der Waals surface area contributed by atoms with Crippen LogP contribution in [0, 0.1) is 13.8 Å². The van der Waals surface area contributed by atoms with Crippen molar-refractivity contribution in [3.63, 3.8) is 0 Å². The van der Waals surface area contributed by atoms with Gasteiger partial charge in [0.15, 0.2) is 11.6 Å². The first-order chi connectivity index (χ1) is 24.4. The molecule has 8 nitrogen and oxygen atoms in total. The summed E-state index contributed by atoms with van der Waals surface area (Å²) in [6.07, 6.45) is 5.28. The Morgan fingerprint density at radius 1 is 0.765 bits per heavy atom. The fourth-order valence-corrected chi connectivity index (χ4v) is 7.29. The lowest BCUT2D eigenvalue weighted by Crippen LogP contribution is -2.43.